The Morgan fingerprint density at radius 1 is 1.39 bits per heavy atom. The molecule has 6 heteroatoms. The molecule has 1 unspecified atom stereocenters. The van der Waals surface area contributed by atoms with Crippen molar-refractivity contribution in [3.8, 4) is 0 Å². The maximum absolute atomic E-state index is 11.1. The number of nitrogens with zero attached hydrogens (tertiary/aromatic N) is 3. The minimum absolute atomic E-state index is 0.0896. The Hall–Kier alpha value is -1.43. The summed E-state index contributed by atoms with van der Waals surface area (Å²) in [7, 11) is 0. The highest BCUT2D eigenvalue weighted by molar-refractivity contribution is 5.41. The Balaban J connectivity index is 3.24. The van der Waals surface area contributed by atoms with Crippen LogP contribution in [0.25, 0.3) is 0 Å². The molecule has 2 N–H and O–H groups in total. The summed E-state index contributed by atoms with van der Waals surface area (Å²) < 4.78 is 1.72. The summed E-state index contributed by atoms with van der Waals surface area (Å²) in [6.07, 6.45) is 0.479. The lowest BCUT2D eigenvalue weighted by molar-refractivity contribution is -0.386. The van der Waals surface area contributed by atoms with Crippen LogP contribution in [0.3, 0.4) is 0 Å². The lowest BCUT2D eigenvalue weighted by Crippen LogP contribution is -2.30. The van der Waals surface area contributed by atoms with Crippen LogP contribution in [0.5, 0.6) is 0 Å². The molecule has 1 aromatic rings. The van der Waals surface area contributed by atoms with Crippen molar-refractivity contribution in [2.24, 2.45) is 11.7 Å². The number of nitrogens with two attached hydrogens (primary N) is 1. The van der Waals surface area contributed by atoms with E-state index in [1.807, 2.05) is 27.7 Å². The van der Waals surface area contributed by atoms with E-state index in [1.165, 1.54) is 0 Å². The molecule has 0 amide bonds. The second kappa shape index (κ2) is 5.48. The molecule has 6 nitrogen and oxygen atoms in total. The highest BCUT2D eigenvalue weighted by atomic mass is 16.6. The molecule has 1 heterocycles. The molecule has 0 radical (unpaired) electrons. The summed E-state index contributed by atoms with van der Waals surface area (Å²) in [5.74, 6) is 0.278. The molecule has 0 saturated carbocycles. The van der Waals surface area contributed by atoms with E-state index in [4.69, 9.17) is 5.73 Å². The Labute approximate surface area is 107 Å². The third-order valence-corrected chi connectivity index (χ3v) is 3.11. The van der Waals surface area contributed by atoms with Crippen molar-refractivity contribution >= 4 is 5.69 Å². The number of aryl methyl sites for hydroxylation is 1. The zero-order valence-electron chi connectivity index (χ0n) is 11.7. The van der Waals surface area contributed by atoms with Crippen LogP contribution in [0.4, 0.5) is 5.69 Å². The van der Waals surface area contributed by atoms with E-state index in [0.717, 1.165) is 0 Å². The van der Waals surface area contributed by atoms with Crippen molar-refractivity contribution in [3.63, 3.8) is 0 Å². The molecule has 0 aliphatic carbocycles. The molecule has 0 aliphatic rings. The van der Waals surface area contributed by atoms with E-state index in [1.54, 1.807) is 11.6 Å². The standard InChI is InChI=1S/C12H22N4O2/c1-7(2)10(13)6-11-12(16(17)18)9(5)14-15(11)8(3)4/h7-8,10H,6,13H2,1-5H3. The first kappa shape index (κ1) is 14.6. The molecule has 1 aromatic heterocycles. The van der Waals surface area contributed by atoms with E-state index in [2.05, 4.69) is 5.10 Å². The fourth-order valence-corrected chi connectivity index (χ4v) is 1.90. The maximum Gasteiger partial charge on any atom is 0.313 e. The predicted molar refractivity (Wildman–Crippen MR) is 70.5 cm³/mol. The van der Waals surface area contributed by atoms with Crippen LogP contribution < -0.4 is 5.73 Å². The van der Waals surface area contributed by atoms with E-state index < -0.39 is 0 Å². The van der Waals surface area contributed by atoms with Gasteiger partial charge in [-0.15, -0.1) is 0 Å². The van der Waals surface area contributed by atoms with Gasteiger partial charge in [0.1, 0.15) is 11.4 Å². The van der Waals surface area contributed by atoms with Gasteiger partial charge in [0, 0.05) is 18.5 Å². The van der Waals surface area contributed by atoms with Gasteiger partial charge in [0.2, 0.25) is 0 Å². The van der Waals surface area contributed by atoms with Gasteiger partial charge in [-0.3, -0.25) is 14.8 Å². The average Bonchev–Trinajstić information content (AvgIpc) is 2.55. The van der Waals surface area contributed by atoms with Crippen LogP contribution in [-0.2, 0) is 6.42 Å². The second-order valence-electron chi connectivity index (χ2n) is 5.29. The summed E-state index contributed by atoms with van der Waals surface area (Å²) in [6, 6.07) is -0.0101. The molecule has 1 rings (SSSR count). The molecule has 102 valence electrons. The van der Waals surface area contributed by atoms with Crippen LogP contribution in [-0.4, -0.2) is 20.7 Å². The Morgan fingerprint density at radius 3 is 2.33 bits per heavy atom. The van der Waals surface area contributed by atoms with Crippen molar-refractivity contribution in [2.45, 2.75) is 53.1 Å². The van der Waals surface area contributed by atoms with Gasteiger partial charge in [-0.1, -0.05) is 13.8 Å². The van der Waals surface area contributed by atoms with E-state index >= 15 is 0 Å². The molecule has 0 fully saturated rings. The predicted octanol–water partition coefficient (Wildman–Crippen LogP) is 2.21. The van der Waals surface area contributed by atoms with Crippen molar-refractivity contribution < 1.29 is 4.92 Å². The number of hydrogen-bond acceptors (Lipinski definition) is 4. The van der Waals surface area contributed by atoms with Crippen LogP contribution >= 0.6 is 0 Å². The Morgan fingerprint density at radius 2 is 1.94 bits per heavy atom. The summed E-state index contributed by atoms with van der Waals surface area (Å²) in [4.78, 5) is 10.8. The van der Waals surface area contributed by atoms with Gasteiger partial charge in [-0.2, -0.15) is 5.10 Å². The van der Waals surface area contributed by atoms with Crippen LogP contribution in [0, 0.1) is 23.0 Å². The average molecular weight is 254 g/mol. The molecular formula is C12H22N4O2. The Kier molecular flexibility index (Phi) is 4.45. The second-order valence-corrected chi connectivity index (χ2v) is 5.29. The molecule has 0 bridgehead atoms. The lowest BCUT2D eigenvalue weighted by atomic mass is 9.99. The highest BCUT2D eigenvalue weighted by Crippen LogP contribution is 2.27. The van der Waals surface area contributed by atoms with Crippen molar-refractivity contribution in [1.82, 2.24) is 9.78 Å². The minimum atomic E-state index is -0.358. The largest absolute Gasteiger partial charge is 0.327 e. The van der Waals surface area contributed by atoms with E-state index in [9.17, 15) is 10.1 Å². The summed E-state index contributed by atoms with van der Waals surface area (Å²) in [5, 5.41) is 15.4. The van der Waals surface area contributed by atoms with E-state index in [0.29, 0.717) is 17.8 Å². The Bertz CT molecular complexity index is 438. The molecule has 0 aromatic carbocycles. The third kappa shape index (κ3) is 2.87. The van der Waals surface area contributed by atoms with Crippen LogP contribution in [0.2, 0.25) is 0 Å². The SMILES string of the molecule is Cc1nn(C(C)C)c(CC(N)C(C)C)c1[N+](=O)[O-]. The molecule has 1 atom stereocenters. The summed E-state index contributed by atoms with van der Waals surface area (Å²) >= 11 is 0. The molecule has 0 aliphatic heterocycles. The third-order valence-electron chi connectivity index (χ3n) is 3.11. The first-order valence-corrected chi connectivity index (χ1v) is 6.23. The number of rotatable bonds is 5. The summed E-state index contributed by atoms with van der Waals surface area (Å²) in [5.41, 5.74) is 7.23. The minimum Gasteiger partial charge on any atom is -0.327 e. The topological polar surface area (TPSA) is 87.0 Å². The van der Waals surface area contributed by atoms with Gasteiger partial charge in [-0.25, -0.2) is 0 Å². The normalized spacial score (nSPS) is 13.3. The van der Waals surface area contributed by atoms with Crippen molar-refractivity contribution in [2.75, 3.05) is 0 Å². The molecule has 0 spiro atoms. The summed E-state index contributed by atoms with van der Waals surface area (Å²) in [6.45, 7) is 9.61. The van der Waals surface area contributed by atoms with Gasteiger partial charge in [0.15, 0.2) is 0 Å². The zero-order chi connectivity index (χ0) is 14.0. The lowest BCUT2D eigenvalue weighted by Gasteiger charge is -2.17. The fraction of sp³-hybridized carbons (Fsp3) is 0.750. The zero-order valence-corrected chi connectivity index (χ0v) is 11.7. The molecular weight excluding hydrogens is 232 g/mol. The van der Waals surface area contributed by atoms with Gasteiger partial charge >= 0.3 is 5.69 Å². The van der Waals surface area contributed by atoms with Gasteiger partial charge < -0.3 is 5.73 Å². The smallest absolute Gasteiger partial charge is 0.313 e. The number of hydrogen-bond donors (Lipinski definition) is 1. The van der Waals surface area contributed by atoms with Crippen molar-refractivity contribution in [1.29, 1.82) is 0 Å². The van der Waals surface area contributed by atoms with E-state index in [-0.39, 0.29) is 28.6 Å². The molecule has 18 heavy (non-hydrogen) atoms. The first-order valence-electron chi connectivity index (χ1n) is 6.23. The number of nitro groups is 1. The van der Waals surface area contributed by atoms with Gasteiger partial charge in [0.25, 0.3) is 0 Å². The first-order chi connectivity index (χ1) is 8.25. The molecule has 0 saturated heterocycles. The van der Waals surface area contributed by atoms with Gasteiger partial charge in [-0.05, 0) is 26.7 Å². The quantitative estimate of drug-likeness (QED) is 0.644. The monoisotopic (exact) mass is 254 g/mol. The highest BCUT2D eigenvalue weighted by Gasteiger charge is 2.28. The fourth-order valence-electron chi connectivity index (χ4n) is 1.90. The maximum atomic E-state index is 11.1. The van der Waals surface area contributed by atoms with Crippen LogP contribution in [0.15, 0.2) is 0 Å². The number of aromatic nitrogens is 2. The van der Waals surface area contributed by atoms with Crippen molar-refractivity contribution in [3.05, 3.63) is 21.5 Å². The van der Waals surface area contributed by atoms with Gasteiger partial charge in [0.05, 0.1) is 4.92 Å². The van der Waals surface area contributed by atoms with Crippen LogP contribution in [0.1, 0.15) is 45.1 Å².